The van der Waals surface area contributed by atoms with E-state index in [1.165, 1.54) is 6.08 Å². The van der Waals surface area contributed by atoms with Gasteiger partial charge in [0.05, 0.1) is 12.1 Å². The maximum atomic E-state index is 12.2. The van der Waals surface area contributed by atoms with Gasteiger partial charge in [-0.05, 0) is 35.9 Å². The Morgan fingerprint density at radius 1 is 1.22 bits per heavy atom. The van der Waals surface area contributed by atoms with E-state index in [-0.39, 0.29) is 5.78 Å². The van der Waals surface area contributed by atoms with E-state index in [4.69, 9.17) is 25.8 Å². The van der Waals surface area contributed by atoms with Crippen molar-refractivity contribution in [3.05, 3.63) is 58.6 Å². The van der Waals surface area contributed by atoms with E-state index < -0.39 is 0 Å². The van der Waals surface area contributed by atoms with Crippen molar-refractivity contribution in [3.63, 3.8) is 0 Å². The third-order valence-electron chi connectivity index (χ3n) is 3.42. The monoisotopic (exact) mass is 330 g/mol. The Balaban J connectivity index is 1.88. The van der Waals surface area contributed by atoms with Crippen LogP contribution in [0.1, 0.15) is 15.9 Å². The summed E-state index contributed by atoms with van der Waals surface area (Å²) in [7, 11) is 1.57. The zero-order chi connectivity index (χ0) is 16.2. The number of allylic oxidation sites excluding steroid dienone is 1. The van der Waals surface area contributed by atoms with Crippen molar-refractivity contribution in [3.8, 4) is 17.2 Å². The minimum absolute atomic E-state index is 0.163. The summed E-state index contributed by atoms with van der Waals surface area (Å²) in [4.78, 5) is 12.2. The number of methoxy groups -OCH3 is 1. The Kier molecular flexibility index (Phi) is 4.53. The quantitative estimate of drug-likeness (QED) is 0.627. The molecule has 5 heteroatoms. The number of benzene rings is 2. The lowest BCUT2D eigenvalue weighted by Gasteiger charge is -2.20. The van der Waals surface area contributed by atoms with Gasteiger partial charge in [0, 0.05) is 5.56 Å². The molecule has 0 N–H and O–H groups in total. The number of rotatable bonds is 4. The van der Waals surface area contributed by atoms with Crippen molar-refractivity contribution in [2.45, 2.75) is 0 Å². The minimum atomic E-state index is -0.163. The Morgan fingerprint density at radius 3 is 2.78 bits per heavy atom. The highest BCUT2D eigenvalue weighted by Gasteiger charge is 2.17. The van der Waals surface area contributed by atoms with Gasteiger partial charge in [0.25, 0.3) is 0 Å². The van der Waals surface area contributed by atoms with Crippen LogP contribution in [0.4, 0.5) is 0 Å². The molecule has 118 valence electrons. The first-order chi connectivity index (χ1) is 11.2. The minimum Gasteiger partial charge on any atom is -0.493 e. The molecule has 4 nitrogen and oxygen atoms in total. The summed E-state index contributed by atoms with van der Waals surface area (Å²) >= 11 is 6.03. The van der Waals surface area contributed by atoms with Gasteiger partial charge in [0.15, 0.2) is 17.3 Å². The van der Waals surface area contributed by atoms with Crippen LogP contribution in [-0.2, 0) is 0 Å². The average molecular weight is 331 g/mol. The number of hydrogen-bond donors (Lipinski definition) is 0. The summed E-state index contributed by atoms with van der Waals surface area (Å²) in [6, 6.07) is 10.6. The summed E-state index contributed by atoms with van der Waals surface area (Å²) in [5.74, 6) is 1.62. The molecule has 0 radical (unpaired) electrons. The van der Waals surface area contributed by atoms with Crippen LogP contribution in [0.15, 0.2) is 42.5 Å². The van der Waals surface area contributed by atoms with E-state index in [1.807, 2.05) is 6.07 Å². The second-order valence-corrected chi connectivity index (χ2v) is 5.33. The maximum absolute atomic E-state index is 12.2. The highest BCUT2D eigenvalue weighted by Crippen LogP contribution is 2.40. The van der Waals surface area contributed by atoms with Gasteiger partial charge >= 0.3 is 0 Å². The van der Waals surface area contributed by atoms with E-state index in [2.05, 4.69) is 0 Å². The van der Waals surface area contributed by atoms with Crippen molar-refractivity contribution in [1.82, 2.24) is 0 Å². The van der Waals surface area contributed by atoms with Crippen molar-refractivity contribution >= 4 is 23.5 Å². The SMILES string of the molecule is COc1cc(/C=C/C(=O)c2ccccc2Cl)cc2c1OCCO2. The fourth-order valence-corrected chi connectivity index (χ4v) is 2.54. The predicted molar refractivity (Wildman–Crippen MR) is 88.8 cm³/mol. The molecule has 1 heterocycles. The van der Waals surface area contributed by atoms with E-state index in [9.17, 15) is 4.79 Å². The smallest absolute Gasteiger partial charge is 0.203 e. The number of carbonyl (C=O) groups excluding carboxylic acids is 1. The molecule has 2 aromatic rings. The molecule has 23 heavy (non-hydrogen) atoms. The fraction of sp³-hybridized carbons (Fsp3) is 0.167. The number of ketones is 1. The first-order valence-electron chi connectivity index (χ1n) is 7.13. The second kappa shape index (κ2) is 6.75. The second-order valence-electron chi connectivity index (χ2n) is 4.92. The van der Waals surface area contributed by atoms with Crippen molar-refractivity contribution in [2.24, 2.45) is 0 Å². The normalized spacial score (nSPS) is 13.1. The van der Waals surface area contributed by atoms with Gasteiger partial charge < -0.3 is 14.2 Å². The first kappa shape index (κ1) is 15.4. The standard InChI is InChI=1S/C18H15ClO4/c1-21-16-10-12(11-17-18(16)23-9-8-22-17)6-7-15(20)13-4-2-3-5-14(13)19/h2-7,10-11H,8-9H2,1H3/b7-6+. The van der Waals surface area contributed by atoms with Crippen molar-refractivity contribution in [1.29, 1.82) is 0 Å². The maximum Gasteiger partial charge on any atom is 0.203 e. The molecule has 0 aliphatic carbocycles. The van der Waals surface area contributed by atoms with Gasteiger partial charge in [-0.1, -0.05) is 29.8 Å². The molecule has 0 atom stereocenters. The molecule has 1 aliphatic heterocycles. The van der Waals surface area contributed by atoms with Gasteiger partial charge in [-0.25, -0.2) is 0 Å². The van der Waals surface area contributed by atoms with Crippen LogP contribution in [0.3, 0.4) is 0 Å². The molecule has 0 amide bonds. The number of halogens is 1. The number of fused-ring (bicyclic) bond motifs is 1. The summed E-state index contributed by atoms with van der Waals surface area (Å²) in [6.07, 6.45) is 3.18. The van der Waals surface area contributed by atoms with Crippen molar-refractivity contribution in [2.75, 3.05) is 20.3 Å². The van der Waals surface area contributed by atoms with Gasteiger partial charge in [-0.15, -0.1) is 0 Å². The highest BCUT2D eigenvalue weighted by atomic mass is 35.5. The molecule has 2 aromatic carbocycles. The number of carbonyl (C=O) groups is 1. The lowest BCUT2D eigenvalue weighted by molar-refractivity contribution is 0.104. The van der Waals surface area contributed by atoms with Gasteiger partial charge in [0.1, 0.15) is 13.2 Å². The first-order valence-corrected chi connectivity index (χ1v) is 7.51. The zero-order valence-corrected chi connectivity index (χ0v) is 13.3. The van der Waals surface area contributed by atoms with Crippen molar-refractivity contribution < 1.29 is 19.0 Å². The zero-order valence-electron chi connectivity index (χ0n) is 12.5. The Morgan fingerprint density at radius 2 is 2.00 bits per heavy atom. The van der Waals surface area contributed by atoms with Crippen LogP contribution in [0.2, 0.25) is 5.02 Å². The van der Waals surface area contributed by atoms with E-state index >= 15 is 0 Å². The van der Waals surface area contributed by atoms with Crippen LogP contribution in [-0.4, -0.2) is 26.1 Å². The molecular formula is C18H15ClO4. The molecule has 0 unspecified atom stereocenters. The summed E-state index contributed by atoms with van der Waals surface area (Å²) in [5, 5.41) is 0.432. The summed E-state index contributed by atoms with van der Waals surface area (Å²) in [6.45, 7) is 0.978. The molecule has 3 rings (SSSR count). The third kappa shape index (κ3) is 3.32. The Hall–Kier alpha value is -2.46. The predicted octanol–water partition coefficient (Wildman–Crippen LogP) is 4.02. The van der Waals surface area contributed by atoms with Gasteiger partial charge in [0.2, 0.25) is 5.75 Å². The average Bonchev–Trinajstić information content (AvgIpc) is 2.59. The van der Waals surface area contributed by atoms with Crippen LogP contribution >= 0.6 is 11.6 Å². The fourth-order valence-electron chi connectivity index (χ4n) is 2.31. The number of hydrogen-bond acceptors (Lipinski definition) is 4. The van der Waals surface area contributed by atoms with E-state index in [0.717, 1.165) is 5.56 Å². The van der Waals surface area contributed by atoms with Crippen LogP contribution in [0.25, 0.3) is 6.08 Å². The topological polar surface area (TPSA) is 44.8 Å². The van der Waals surface area contributed by atoms with E-state index in [0.29, 0.717) is 41.0 Å². The highest BCUT2D eigenvalue weighted by molar-refractivity contribution is 6.34. The molecule has 0 bridgehead atoms. The molecule has 1 aliphatic rings. The summed E-state index contributed by atoms with van der Waals surface area (Å²) in [5.41, 5.74) is 1.25. The summed E-state index contributed by atoms with van der Waals surface area (Å²) < 4.78 is 16.4. The lowest BCUT2D eigenvalue weighted by atomic mass is 10.1. The van der Waals surface area contributed by atoms with Gasteiger partial charge in [-0.2, -0.15) is 0 Å². The molecular weight excluding hydrogens is 316 g/mol. The Bertz CT molecular complexity index is 750. The molecule has 0 fully saturated rings. The van der Waals surface area contributed by atoms with Crippen LogP contribution in [0, 0.1) is 0 Å². The molecule has 0 saturated carbocycles. The van der Waals surface area contributed by atoms with Crippen LogP contribution < -0.4 is 14.2 Å². The van der Waals surface area contributed by atoms with E-state index in [1.54, 1.807) is 43.5 Å². The number of ether oxygens (including phenoxy) is 3. The van der Waals surface area contributed by atoms with Crippen LogP contribution in [0.5, 0.6) is 17.2 Å². The van der Waals surface area contributed by atoms with Gasteiger partial charge in [-0.3, -0.25) is 4.79 Å². The largest absolute Gasteiger partial charge is 0.493 e. The molecule has 0 spiro atoms. The molecule has 0 aromatic heterocycles. The Labute approximate surface area is 139 Å². The molecule has 0 saturated heterocycles. The third-order valence-corrected chi connectivity index (χ3v) is 3.75. The lowest BCUT2D eigenvalue weighted by Crippen LogP contribution is -2.16.